The van der Waals surface area contributed by atoms with Crippen molar-refractivity contribution >= 4 is 17.1 Å². The second-order valence-electron chi connectivity index (χ2n) is 3.72. The summed E-state index contributed by atoms with van der Waals surface area (Å²) in [6.07, 6.45) is 0.0421. The molecule has 1 aromatic rings. The zero-order valence-electron chi connectivity index (χ0n) is 9.97. The van der Waals surface area contributed by atoms with Crippen molar-refractivity contribution in [3.63, 3.8) is 0 Å². The zero-order valence-corrected chi connectivity index (χ0v) is 9.97. The number of non-ortho nitro benzene ring substituents is 1. The SMILES string of the molecule is CCOC(C)CNc1cc(N)cc([N+](=O)[O-])c1. The molecular weight excluding hydrogens is 222 g/mol. The summed E-state index contributed by atoms with van der Waals surface area (Å²) in [6.45, 7) is 5.06. The molecule has 0 aliphatic heterocycles. The third kappa shape index (κ3) is 4.28. The molecule has 1 aromatic carbocycles. The van der Waals surface area contributed by atoms with Crippen molar-refractivity contribution < 1.29 is 9.66 Å². The van der Waals surface area contributed by atoms with Gasteiger partial charge in [0.05, 0.1) is 11.0 Å². The van der Waals surface area contributed by atoms with Gasteiger partial charge in [-0.15, -0.1) is 0 Å². The molecule has 0 amide bonds. The molecule has 0 aliphatic carbocycles. The topological polar surface area (TPSA) is 90.4 Å². The van der Waals surface area contributed by atoms with Gasteiger partial charge < -0.3 is 15.8 Å². The van der Waals surface area contributed by atoms with Gasteiger partial charge in [-0.2, -0.15) is 0 Å². The number of hydrogen-bond donors (Lipinski definition) is 2. The van der Waals surface area contributed by atoms with Crippen LogP contribution in [0.1, 0.15) is 13.8 Å². The van der Waals surface area contributed by atoms with Crippen LogP contribution in [0.5, 0.6) is 0 Å². The lowest BCUT2D eigenvalue weighted by Crippen LogP contribution is -2.19. The average Bonchev–Trinajstić information content (AvgIpc) is 2.26. The maximum Gasteiger partial charge on any atom is 0.273 e. The van der Waals surface area contributed by atoms with Crippen LogP contribution in [0.3, 0.4) is 0 Å². The van der Waals surface area contributed by atoms with Crippen molar-refractivity contribution in [3.05, 3.63) is 28.3 Å². The first-order chi connectivity index (χ1) is 8.02. The first kappa shape index (κ1) is 13.2. The Morgan fingerprint density at radius 1 is 1.53 bits per heavy atom. The highest BCUT2D eigenvalue weighted by Gasteiger charge is 2.09. The van der Waals surface area contributed by atoms with E-state index < -0.39 is 4.92 Å². The third-order valence-corrected chi connectivity index (χ3v) is 2.20. The molecule has 17 heavy (non-hydrogen) atoms. The fraction of sp³-hybridized carbons (Fsp3) is 0.455. The Morgan fingerprint density at radius 2 is 2.24 bits per heavy atom. The highest BCUT2D eigenvalue weighted by molar-refractivity contribution is 5.61. The number of anilines is 2. The smallest absolute Gasteiger partial charge is 0.273 e. The van der Waals surface area contributed by atoms with Crippen LogP contribution in [0.2, 0.25) is 0 Å². The maximum absolute atomic E-state index is 10.6. The summed E-state index contributed by atoms with van der Waals surface area (Å²) in [6, 6.07) is 4.44. The van der Waals surface area contributed by atoms with E-state index in [1.165, 1.54) is 12.1 Å². The molecule has 1 unspecified atom stereocenters. The molecule has 0 aliphatic rings. The average molecular weight is 239 g/mol. The summed E-state index contributed by atoms with van der Waals surface area (Å²) < 4.78 is 5.34. The fourth-order valence-electron chi connectivity index (χ4n) is 1.45. The molecule has 94 valence electrons. The molecule has 1 atom stereocenters. The molecule has 1 rings (SSSR count). The third-order valence-electron chi connectivity index (χ3n) is 2.20. The largest absolute Gasteiger partial charge is 0.398 e. The van der Waals surface area contributed by atoms with Crippen LogP contribution in [-0.2, 0) is 4.74 Å². The van der Waals surface area contributed by atoms with Gasteiger partial charge in [0.25, 0.3) is 5.69 Å². The number of benzene rings is 1. The Balaban J connectivity index is 2.68. The molecule has 0 spiro atoms. The number of nitrogens with two attached hydrogens (primary N) is 1. The molecule has 6 nitrogen and oxygen atoms in total. The van der Waals surface area contributed by atoms with E-state index in [1.807, 2.05) is 13.8 Å². The van der Waals surface area contributed by atoms with Gasteiger partial charge in [0.2, 0.25) is 0 Å². The van der Waals surface area contributed by atoms with Gasteiger partial charge in [-0.3, -0.25) is 10.1 Å². The van der Waals surface area contributed by atoms with Gasteiger partial charge in [0.1, 0.15) is 0 Å². The lowest BCUT2D eigenvalue weighted by atomic mass is 10.2. The van der Waals surface area contributed by atoms with Crippen LogP contribution in [0, 0.1) is 10.1 Å². The highest BCUT2D eigenvalue weighted by Crippen LogP contribution is 2.22. The zero-order chi connectivity index (χ0) is 12.8. The van der Waals surface area contributed by atoms with Gasteiger partial charge in [-0.25, -0.2) is 0 Å². The number of hydrogen-bond acceptors (Lipinski definition) is 5. The number of nitro groups is 1. The van der Waals surface area contributed by atoms with Crippen LogP contribution >= 0.6 is 0 Å². The van der Waals surface area contributed by atoms with Crippen LogP contribution in [-0.4, -0.2) is 24.2 Å². The summed E-state index contributed by atoms with van der Waals surface area (Å²) in [4.78, 5) is 10.2. The van der Waals surface area contributed by atoms with Gasteiger partial charge in [-0.1, -0.05) is 0 Å². The lowest BCUT2D eigenvalue weighted by molar-refractivity contribution is -0.384. The second-order valence-corrected chi connectivity index (χ2v) is 3.72. The summed E-state index contributed by atoms with van der Waals surface area (Å²) >= 11 is 0. The predicted molar refractivity (Wildman–Crippen MR) is 67.1 cm³/mol. The minimum Gasteiger partial charge on any atom is -0.398 e. The summed E-state index contributed by atoms with van der Waals surface area (Å²) in [5.74, 6) is 0. The van der Waals surface area contributed by atoms with Crippen molar-refractivity contribution in [1.29, 1.82) is 0 Å². The number of nitrogens with one attached hydrogen (secondary N) is 1. The van der Waals surface area contributed by atoms with E-state index in [-0.39, 0.29) is 11.8 Å². The molecule has 0 bridgehead atoms. The van der Waals surface area contributed by atoms with Crippen LogP contribution < -0.4 is 11.1 Å². The van der Waals surface area contributed by atoms with Gasteiger partial charge in [0.15, 0.2) is 0 Å². The quantitative estimate of drug-likeness (QED) is 0.450. The van der Waals surface area contributed by atoms with Crippen molar-refractivity contribution in [2.24, 2.45) is 0 Å². The van der Waals surface area contributed by atoms with E-state index in [9.17, 15) is 10.1 Å². The van der Waals surface area contributed by atoms with Crippen molar-refractivity contribution in [2.45, 2.75) is 20.0 Å². The minimum absolute atomic E-state index is 0.0171. The Hall–Kier alpha value is -1.82. The number of ether oxygens (including phenoxy) is 1. The second kappa shape index (κ2) is 6.05. The number of nitrogen functional groups attached to an aromatic ring is 1. The van der Waals surface area contributed by atoms with E-state index in [2.05, 4.69) is 5.32 Å². The van der Waals surface area contributed by atoms with E-state index in [0.29, 0.717) is 24.5 Å². The summed E-state index contributed by atoms with van der Waals surface area (Å²) in [5, 5.41) is 13.7. The number of nitro benzene ring substituents is 1. The van der Waals surface area contributed by atoms with Gasteiger partial charge >= 0.3 is 0 Å². The highest BCUT2D eigenvalue weighted by atomic mass is 16.6. The minimum atomic E-state index is -0.465. The number of nitrogens with zero attached hydrogens (tertiary/aromatic N) is 1. The number of rotatable bonds is 6. The van der Waals surface area contributed by atoms with Gasteiger partial charge in [0, 0.05) is 36.7 Å². The van der Waals surface area contributed by atoms with Gasteiger partial charge in [-0.05, 0) is 19.9 Å². The predicted octanol–water partition coefficient (Wildman–Crippen LogP) is 2.01. The Labute approximate surface area is 99.9 Å². The van der Waals surface area contributed by atoms with E-state index in [0.717, 1.165) is 0 Å². The summed E-state index contributed by atoms with van der Waals surface area (Å²) in [7, 11) is 0. The Bertz CT molecular complexity index is 396. The van der Waals surface area contributed by atoms with Crippen LogP contribution in [0.4, 0.5) is 17.1 Å². The first-order valence-electron chi connectivity index (χ1n) is 5.43. The molecule has 0 radical (unpaired) electrons. The lowest BCUT2D eigenvalue weighted by Gasteiger charge is -2.13. The van der Waals surface area contributed by atoms with Crippen LogP contribution in [0.15, 0.2) is 18.2 Å². The van der Waals surface area contributed by atoms with E-state index in [4.69, 9.17) is 10.5 Å². The molecule has 0 saturated carbocycles. The molecule has 6 heteroatoms. The summed E-state index contributed by atoms with van der Waals surface area (Å²) in [5.41, 5.74) is 6.56. The Kier molecular flexibility index (Phi) is 4.71. The maximum atomic E-state index is 10.6. The van der Waals surface area contributed by atoms with Crippen molar-refractivity contribution in [1.82, 2.24) is 0 Å². The molecule has 0 aromatic heterocycles. The fourth-order valence-corrected chi connectivity index (χ4v) is 1.45. The van der Waals surface area contributed by atoms with E-state index in [1.54, 1.807) is 6.07 Å². The van der Waals surface area contributed by atoms with Crippen molar-refractivity contribution in [2.75, 3.05) is 24.2 Å². The van der Waals surface area contributed by atoms with Crippen molar-refractivity contribution in [3.8, 4) is 0 Å². The van der Waals surface area contributed by atoms with Crippen LogP contribution in [0.25, 0.3) is 0 Å². The standard InChI is InChI=1S/C11H17N3O3/c1-3-17-8(2)7-13-10-4-9(12)5-11(6-10)14(15)16/h4-6,8,13H,3,7,12H2,1-2H3. The molecule has 3 N–H and O–H groups in total. The Morgan fingerprint density at radius 3 is 2.82 bits per heavy atom. The molecule has 0 fully saturated rings. The molecular formula is C11H17N3O3. The molecule has 0 heterocycles. The molecule has 0 saturated heterocycles. The van der Waals surface area contributed by atoms with E-state index >= 15 is 0 Å². The first-order valence-corrected chi connectivity index (χ1v) is 5.43. The monoisotopic (exact) mass is 239 g/mol. The normalized spacial score (nSPS) is 12.1.